The minimum atomic E-state index is -1.04. The lowest BCUT2D eigenvalue weighted by Gasteiger charge is -2.33. The van der Waals surface area contributed by atoms with Crippen molar-refractivity contribution in [1.29, 1.82) is 0 Å². The summed E-state index contributed by atoms with van der Waals surface area (Å²) in [5.74, 6) is -0.900. The molecule has 1 saturated heterocycles. The largest absolute Gasteiger partial charge is 0.508 e. The molecule has 4 amide bonds. The lowest BCUT2D eigenvalue weighted by atomic mass is 10.0. The lowest BCUT2D eigenvalue weighted by molar-refractivity contribution is -0.133. The van der Waals surface area contributed by atoms with E-state index in [1.54, 1.807) is 12.1 Å². The molecule has 0 aromatic heterocycles. The van der Waals surface area contributed by atoms with Crippen molar-refractivity contribution >= 4 is 53.1 Å². The summed E-state index contributed by atoms with van der Waals surface area (Å²) < 4.78 is -0.711. The van der Waals surface area contributed by atoms with E-state index in [9.17, 15) is 24.3 Å². The predicted octanol–water partition coefficient (Wildman–Crippen LogP) is -1.49. The number of amides is 4. The second kappa shape index (κ2) is 15.6. The molecule has 0 radical (unpaired) electrons. The number of nitrogens with one attached hydrogen (secondary N) is 3. The highest BCUT2D eigenvalue weighted by atomic mass is 32.2. The third-order valence-electron chi connectivity index (χ3n) is 6.19. The third kappa shape index (κ3) is 10.8. The van der Waals surface area contributed by atoms with Crippen molar-refractivity contribution in [3.63, 3.8) is 0 Å². The minimum absolute atomic E-state index is 0.0973. The van der Waals surface area contributed by atoms with Crippen LogP contribution in [0.25, 0.3) is 0 Å². The fourth-order valence-electron chi connectivity index (χ4n) is 3.96. The SMILES string of the molecule is CC1(C)SCCSC[C@@H](NC(=O)[C@@H](N)Cc2ccc(O)cc2)C(=O)N[C@@H](CCCN=C(N)N)C(=O)N[C@H]1C(N)=O. The number of guanidine groups is 1. The Bertz CT molecular complexity index is 1070. The summed E-state index contributed by atoms with van der Waals surface area (Å²) in [6.45, 7) is 3.87. The predicted molar refractivity (Wildman–Crippen MR) is 159 cm³/mol. The Morgan fingerprint density at radius 3 is 2.42 bits per heavy atom. The van der Waals surface area contributed by atoms with Crippen molar-refractivity contribution in [3.05, 3.63) is 29.8 Å². The first kappa shape index (κ1) is 33.0. The van der Waals surface area contributed by atoms with E-state index in [0.717, 1.165) is 5.56 Å². The van der Waals surface area contributed by atoms with Crippen LogP contribution in [0, 0.1) is 0 Å². The van der Waals surface area contributed by atoms with E-state index >= 15 is 0 Å². The van der Waals surface area contributed by atoms with Crippen LogP contribution in [0.2, 0.25) is 0 Å². The quantitative estimate of drug-likeness (QED) is 0.0933. The molecule has 1 aliphatic heterocycles. The second-order valence-corrected chi connectivity index (χ2v) is 12.8. The summed E-state index contributed by atoms with van der Waals surface area (Å²) in [7, 11) is 0. The zero-order chi connectivity index (χ0) is 29.9. The molecule has 4 atom stereocenters. The number of phenols is 1. The number of phenolic OH excluding ortho intramolecular Hbond substituents is 1. The van der Waals surface area contributed by atoms with Gasteiger partial charge in [0.15, 0.2) is 5.96 Å². The summed E-state index contributed by atoms with van der Waals surface area (Å²) in [5.41, 5.74) is 23.3. The number of hydrogen-bond acceptors (Lipinski definition) is 9. The van der Waals surface area contributed by atoms with E-state index < -0.39 is 52.5 Å². The molecule has 0 bridgehead atoms. The van der Waals surface area contributed by atoms with E-state index in [-0.39, 0.29) is 36.8 Å². The molecule has 15 heteroatoms. The number of nitrogens with two attached hydrogens (primary N) is 4. The lowest BCUT2D eigenvalue weighted by Crippen LogP contribution is -2.61. The van der Waals surface area contributed by atoms with Crippen molar-refractivity contribution in [2.75, 3.05) is 23.8 Å². The van der Waals surface area contributed by atoms with E-state index in [0.29, 0.717) is 17.9 Å². The number of nitrogens with zero attached hydrogens (tertiary/aromatic N) is 1. The van der Waals surface area contributed by atoms with Crippen LogP contribution in [-0.4, -0.2) is 87.4 Å². The highest BCUT2D eigenvalue weighted by Gasteiger charge is 2.38. The van der Waals surface area contributed by atoms with Crippen LogP contribution < -0.4 is 38.9 Å². The van der Waals surface area contributed by atoms with E-state index in [2.05, 4.69) is 20.9 Å². The molecule has 1 fully saturated rings. The van der Waals surface area contributed by atoms with Gasteiger partial charge in [-0.3, -0.25) is 24.2 Å². The van der Waals surface area contributed by atoms with Gasteiger partial charge in [-0.1, -0.05) is 12.1 Å². The van der Waals surface area contributed by atoms with Gasteiger partial charge in [0.05, 0.1) is 6.04 Å². The molecule has 1 heterocycles. The first-order chi connectivity index (χ1) is 18.8. The molecule has 13 nitrogen and oxygen atoms in total. The Labute approximate surface area is 242 Å². The van der Waals surface area contributed by atoms with Crippen LogP contribution in [-0.2, 0) is 25.6 Å². The van der Waals surface area contributed by atoms with Crippen LogP contribution in [0.3, 0.4) is 0 Å². The first-order valence-corrected chi connectivity index (χ1v) is 14.9. The van der Waals surface area contributed by atoms with Gasteiger partial charge in [0.25, 0.3) is 0 Å². The van der Waals surface area contributed by atoms with Gasteiger partial charge in [0.2, 0.25) is 23.6 Å². The number of aromatic hydroxyl groups is 1. The minimum Gasteiger partial charge on any atom is -0.508 e. The third-order valence-corrected chi connectivity index (χ3v) is 8.90. The Morgan fingerprint density at radius 1 is 1.12 bits per heavy atom. The molecule has 0 saturated carbocycles. The van der Waals surface area contributed by atoms with Gasteiger partial charge in [0.1, 0.15) is 23.9 Å². The molecule has 12 N–H and O–H groups in total. The van der Waals surface area contributed by atoms with Gasteiger partial charge < -0.3 is 44.0 Å². The summed E-state index contributed by atoms with van der Waals surface area (Å²) >= 11 is 2.93. The van der Waals surface area contributed by atoms with Crippen LogP contribution in [0.15, 0.2) is 29.3 Å². The topological polar surface area (TPSA) is 241 Å². The summed E-state index contributed by atoms with van der Waals surface area (Å²) in [4.78, 5) is 55.8. The molecular formula is C25H40N8O5S2. The van der Waals surface area contributed by atoms with Gasteiger partial charge in [-0.2, -0.15) is 23.5 Å². The Morgan fingerprint density at radius 2 is 1.80 bits per heavy atom. The first-order valence-electron chi connectivity index (χ1n) is 12.8. The van der Waals surface area contributed by atoms with Crippen LogP contribution >= 0.6 is 23.5 Å². The van der Waals surface area contributed by atoms with Crippen molar-refractivity contribution in [3.8, 4) is 5.75 Å². The number of thioether (sulfide) groups is 2. The van der Waals surface area contributed by atoms with Crippen LogP contribution in [0.1, 0.15) is 32.3 Å². The molecule has 1 aliphatic rings. The van der Waals surface area contributed by atoms with Crippen molar-refractivity contribution in [2.24, 2.45) is 27.9 Å². The number of carbonyl (C=O) groups is 4. The monoisotopic (exact) mass is 596 g/mol. The average molecular weight is 597 g/mol. The highest BCUT2D eigenvalue weighted by molar-refractivity contribution is 8.03. The maximum Gasteiger partial charge on any atom is 0.244 e. The van der Waals surface area contributed by atoms with Crippen molar-refractivity contribution in [1.82, 2.24) is 16.0 Å². The maximum atomic E-state index is 13.4. The molecule has 222 valence electrons. The number of hydrogen-bond donors (Lipinski definition) is 8. The number of rotatable bonds is 9. The van der Waals surface area contributed by atoms with E-state index in [1.165, 1.54) is 35.7 Å². The molecular weight excluding hydrogens is 556 g/mol. The second-order valence-electron chi connectivity index (χ2n) is 9.92. The summed E-state index contributed by atoms with van der Waals surface area (Å²) in [6.07, 6.45) is 0.726. The van der Waals surface area contributed by atoms with Gasteiger partial charge in [-0.05, 0) is 50.8 Å². The smallest absolute Gasteiger partial charge is 0.244 e. The van der Waals surface area contributed by atoms with Crippen LogP contribution in [0.4, 0.5) is 0 Å². The number of primary amides is 1. The Hall–Kier alpha value is -3.17. The number of aliphatic imine (C=N–C) groups is 1. The summed E-state index contributed by atoms with van der Waals surface area (Å²) in [6, 6.07) is 2.38. The Balaban J connectivity index is 2.23. The highest BCUT2D eigenvalue weighted by Crippen LogP contribution is 2.29. The normalized spacial score (nSPS) is 22.7. The number of carbonyl (C=O) groups excluding carboxylic acids is 4. The molecule has 0 unspecified atom stereocenters. The molecule has 0 spiro atoms. The standard InChI is InChI=1S/C25H40N8O5S2/c1-25(2)19(20(27)35)33-22(37)17(4-3-9-30-24(28)29)31-23(38)18(13-39-10-11-40-25)32-21(36)16(26)12-14-5-7-15(34)8-6-14/h5-8,16-19,34H,3-4,9-13,26H2,1-2H3,(H2,27,35)(H,31,38)(H,32,36)(H,33,37)(H4,28,29,30)/t16-,17-,18+,19-/m0/s1. The molecule has 1 aromatic rings. The van der Waals surface area contributed by atoms with Gasteiger partial charge in [0, 0.05) is 28.6 Å². The van der Waals surface area contributed by atoms with Gasteiger partial charge in [-0.15, -0.1) is 0 Å². The zero-order valence-electron chi connectivity index (χ0n) is 22.7. The number of benzene rings is 1. The van der Waals surface area contributed by atoms with E-state index in [1.807, 2.05) is 13.8 Å². The van der Waals surface area contributed by atoms with Crippen molar-refractivity contribution in [2.45, 2.75) is 62.0 Å². The van der Waals surface area contributed by atoms with Crippen molar-refractivity contribution < 1.29 is 24.3 Å². The average Bonchev–Trinajstić information content (AvgIpc) is 2.88. The molecule has 2 rings (SSSR count). The molecule has 40 heavy (non-hydrogen) atoms. The molecule has 0 aliphatic carbocycles. The van der Waals surface area contributed by atoms with Gasteiger partial charge in [-0.25, -0.2) is 0 Å². The zero-order valence-corrected chi connectivity index (χ0v) is 24.4. The maximum absolute atomic E-state index is 13.4. The van der Waals surface area contributed by atoms with E-state index in [4.69, 9.17) is 22.9 Å². The fourth-order valence-corrected chi connectivity index (χ4v) is 6.27. The Kier molecular flexibility index (Phi) is 12.9. The summed E-state index contributed by atoms with van der Waals surface area (Å²) in [5, 5.41) is 17.6. The fraction of sp³-hybridized carbons (Fsp3) is 0.560. The van der Waals surface area contributed by atoms with Crippen LogP contribution in [0.5, 0.6) is 5.75 Å². The van der Waals surface area contributed by atoms with Gasteiger partial charge >= 0.3 is 0 Å². The molecule has 1 aromatic carbocycles.